The highest BCUT2D eigenvalue weighted by atomic mass is 15.3. The van der Waals surface area contributed by atoms with Crippen molar-refractivity contribution in [2.75, 3.05) is 6.54 Å². The van der Waals surface area contributed by atoms with Crippen LogP contribution in [0.1, 0.15) is 12.8 Å². The molecular formula is C7H11N5. The number of hydrogen-bond donors (Lipinski definition) is 0. The van der Waals surface area contributed by atoms with Crippen LogP contribution in [0.25, 0.3) is 10.4 Å². The van der Waals surface area contributed by atoms with Crippen LogP contribution in [-0.2, 0) is 6.54 Å². The number of nitrogens with zero attached hydrogens (tertiary/aromatic N) is 5. The van der Waals surface area contributed by atoms with E-state index in [-0.39, 0.29) is 0 Å². The molecule has 5 heteroatoms. The first-order valence-electron chi connectivity index (χ1n) is 3.92. The Bertz CT molecular complexity index is 247. The van der Waals surface area contributed by atoms with Crippen molar-refractivity contribution in [1.29, 1.82) is 0 Å². The lowest BCUT2D eigenvalue weighted by Gasteiger charge is -1.97. The number of rotatable bonds is 5. The van der Waals surface area contributed by atoms with Crippen molar-refractivity contribution in [3.63, 3.8) is 0 Å². The van der Waals surface area contributed by atoms with Crippen LogP contribution in [0, 0.1) is 0 Å². The molecule has 0 spiro atoms. The topological polar surface area (TPSA) is 66.6 Å². The van der Waals surface area contributed by atoms with Crippen molar-refractivity contribution in [1.82, 2.24) is 9.78 Å². The lowest BCUT2D eigenvalue weighted by molar-refractivity contribution is 0.561. The van der Waals surface area contributed by atoms with Crippen LogP contribution in [0.3, 0.4) is 0 Å². The van der Waals surface area contributed by atoms with E-state index in [0.29, 0.717) is 6.54 Å². The number of hydrogen-bond acceptors (Lipinski definition) is 2. The molecule has 0 amide bonds. The molecule has 64 valence electrons. The first kappa shape index (κ1) is 8.62. The van der Waals surface area contributed by atoms with E-state index in [2.05, 4.69) is 15.1 Å². The van der Waals surface area contributed by atoms with Crippen LogP contribution in [-0.4, -0.2) is 16.3 Å². The molecule has 0 radical (unpaired) electrons. The summed E-state index contributed by atoms with van der Waals surface area (Å²) in [6, 6.07) is 1.90. The highest BCUT2D eigenvalue weighted by Crippen LogP contribution is 1.94. The van der Waals surface area contributed by atoms with Crippen LogP contribution in [0.4, 0.5) is 0 Å². The Morgan fingerprint density at radius 2 is 2.42 bits per heavy atom. The summed E-state index contributed by atoms with van der Waals surface area (Å²) in [5.41, 5.74) is 7.99. The average molecular weight is 165 g/mol. The van der Waals surface area contributed by atoms with E-state index in [9.17, 15) is 0 Å². The van der Waals surface area contributed by atoms with E-state index in [1.807, 2.05) is 16.9 Å². The molecule has 0 aliphatic carbocycles. The summed E-state index contributed by atoms with van der Waals surface area (Å²) in [6.45, 7) is 1.48. The SMILES string of the molecule is [N-]=[N+]=NCCCCn1cccn1. The molecule has 0 saturated heterocycles. The first-order chi connectivity index (χ1) is 5.93. The highest BCUT2D eigenvalue weighted by molar-refractivity contribution is 4.77. The van der Waals surface area contributed by atoms with E-state index in [0.717, 1.165) is 19.4 Å². The van der Waals surface area contributed by atoms with E-state index in [1.165, 1.54) is 0 Å². The zero-order chi connectivity index (χ0) is 8.65. The number of unbranched alkanes of at least 4 members (excludes halogenated alkanes) is 1. The number of aromatic nitrogens is 2. The third-order valence-corrected chi connectivity index (χ3v) is 1.52. The van der Waals surface area contributed by atoms with Crippen molar-refractivity contribution in [3.05, 3.63) is 28.9 Å². The molecule has 0 saturated carbocycles. The van der Waals surface area contributed by atoms with Crippen LogP contribution < -0.4 is 0 Å². The maximum Gasteiger partial charge on any atom is 0.0489 e. The average Bonchev–Trinajstić information content (AvgIpc) is 2.57. The Labute approximate surface area is 70.6 Å². The zero-order valence-electron chi connectivity index (χ0n) is 6.80. The van der Waals surface area contributed by atoms with Crippen molar-refractivity contribution in [3.8, 4) is 0 Å². The fourth-order valence-electron chi connectivity index (χ4n) is 0.934. The largest absolute Gasteiger partial charge is 0.273 e. The van der Waals surface area contributed by atoms with E-state index < -0.39 is 0 Å². The molecule has 1 heterocycles. The summed E-state index contributed by atoms with van der Waals surface area (Å²) < 4.78 is 1.87. The normalized spacial score (nSPS) is 9.33. The molecule has 1 aromatic rings. The fourth-order valence-corrected chi connectivity index (χ4v) is 0.934. The fraction of sp³-hybridized carbons (Fsp3) is 0.571. The zero-order valence-corrected chi connectivity index (χ0v) is 6.80. The molecule has 0 bridgehead atoms. The maximum absolute atomic E-state index is 7.99. The van der Waals surface area contributed by atoms with Gasteiger partial charge in [0.25, 0.3) is 0 Å². The molecule has 0 aromatic carbocycles. The van der Waals surface area contributed by atoms with Crippen LogP contribution in [0.15, 0.2) is 23.6 Å². The smallest absolute Gasteiger partial charge is 0.0489 e. The lowest BCUT2D eigenvalue weighted by atomic mass is 10.3. The van der Waals surface area contributed by atoms with E-state index >= 15 is 0 Å². The molecule has 0 unspecified atom stereocenters. The third-order valence-electron chi connectivity index (χ3n) is 1.52. The van der Waals surface area contributed by atoms with Gasteiger partial charge in [0.1, 0.15) is 0 Å². The second-order valence-corrected chi connectivity index (χ2v) is 2.43. The minimum Gasteiger partial charge on any atom is -0.273 e. The van der Waals surface area contributed by atoms with E-state index in [1.54, 1.807) is 6.20 Å². The van der Waals surface area contributed by atoms with Gasteiger partial charge < -0.3 is 0 Å². The van der Waals surface area contributed by atoms with Gasteiger partial charge in [-0.1, -0.05) is 5.11 Å². The minimum atomic E-state index is 0.581. The van der Waals surface area contributed by atoms with Gasteiger partial charge in [-0.2, -0.15) is 5.10 Å². The van der Waals surface area contributed by atoms with Gasteiger partial charge in [-0.05, 0) is 24.4 Å². The van der Waals surface area contributed by atoms with Crippen molar-refractivity contribution >= 4 is 0 Å². The molecule has 0 fully saturated rings. The first-order valence-corrected chi connectivity index (χ1v) is 3.92. The third kappa shape index (κ3) is 3.07. The summed E-state index contributed by atoms with van der Waals surface area (Å²) in [4.78, 5) is 2.67. The van der Waals surface area contributed by atoms with Crippen molar-refractivity contribution in [2.45, 2.75) is 19.4 Å². The number of azide groups is 1. The Hall–Kier alpha value is -1.48. The Morgan fingerprint density at radius 1 is 1.50 bits per heavy atom. The molecule has 12 heavy (non-hydrogen) atoms. The van der Waals surface area contributed by atoms with Gasteiger partial charge >= 0.3 is 0 Å². The molecule has 1 aromatic heterocycles. The van der Waals surface area contributed by atoms with Gasteiger partial charge in [-0.3, -0.25) is 4.68 Å². The second kappa shape index (κ2) is 5.21. The summed E-state index contributed by atoms with van der Waals surface area (Å²) >= 11 is 0. The predicted octanol–water partition coefficient (Wildman–Crippen LogP) is 1.97. The Kier molecular flexibility index (Phi) is 3.74. The van der Waals surface area contributed by atoms with Gasteiger partial charge in [-0.15, -0.1) is 0 Å². The lowest BCUT2D eigenvalue weighted by Crippen LogP contribution is -1.98. The maximum atomic E-state index is 7.99. The summed E-state index contributed by atoms with van der Waals surface area (Å²) in [5, 5.41) is 7.49. The van der Waals surface area contributed by atoms with Crippen LogP contribution in [0.2, 0.25) is 0 Å². The molecule has 5 nitrogen and oxygen atoms in total. The summed E-state index contributed by atoms with van der Waals surface area (Å²) in [7, 11) is 0. The van der Waals surface area contributed by atoms with Gasteiger partial charge in [0.05, 0.1) is 0 Å². The minimum absolute atomic E-state index is 0.581. The van der Waals surface area contributed by atoms with Crippen LogP contribution in [0.5, 0.6) is 0 Å². The molecular weight excluding hydrogens is 154 g/mol. The molecule has 0 aliphatic heterocycles. The summed E-state index contributed by atoms with van der Waals surface area (Å²) in [5.74, 6) is 0. The highest BCUT2D eigenvalue weighted by Gasteiger charge is 1.89. The standard InChI is InChI=1S/C7H11N5/c8-11-9-4-1-2-6-12-7-3-5-10-12/h3,5,7H,1-2,4,6H2. The predicted molar refractivity (Wildman–Crippen MR) is 45.5 cm³/mol. The molecule has 0 N–H and O–H groups in total. The van der Waals surface area contributed by atoms with Gasteiger partial charge in [0.15, 0.2) is 0 Å². The monoisotopic (exact) mass is 165 g/mol. The quantitative estimate of drug-likeness (QED) is 0.284. The Morgan fingerprint density at radius 3 is 3.08 bits per heavy atom. The van der Waals surface area contributed by atoms with Crippen LogP contribution >= 0.6 is 0 Å². The second-order valence-electron chi connectivity index (χ2n) is 2.43. The van der Waals surface area contributed by atoms with Gasteiger partial charge in [0.2, 0.25) is 0 Å². The molecule has 0 aliphatic rings. The summed E-state index contributed by atoms with van der Waals surface area (Å²) in [6.07, 6.45) is 5.60. The van der Waals surface area contributed by atoms with Crippen molar-refractivity contribution in [2.24, 2.45) is 5.11 Å². The number of aryl methyl sites for hydroxylation is 1. The van der Waals surface area contributed by atoms with Crippen molar-refractivity contribution < 1.29 is 0 Å². The van der Waals surface area contributed by atoms with Gasteiger partial charge in [0, 0.05) is 30.4 Å². The molecule has 1 rings (SSSR count). The van der Waals surface area contributed by atoms with Gasteiger partial charge in [-0.25, -0.2) is 0 Å². The van der Waals surface area contributed by atoms with E-state index in [4.69, 9.17) is 5.53 Å². The Balaban J connectivity index is 2.07. The molecule has 0 atom stereocenters.